The first-order chi connectivity index (χ1) is 11.0. The summed E-state index contributed by atoms with van der Waals surface area (Å²) in [6, 6.07) is 14.4. The second-order valence-electron chi connectivity index (χ2n) is 5.71. The molecule has 0 bridgehead atoms. The molecule has 0 aromatic heterocycles. The molecule has 5 nitrogen and oxygen atoms in total. The summed E-state index contributed by atoms with van der Waals surface area (Å²) < 4.78 is 27.8. The normalized spacial score (nSPS) is 15.4. The Morgan fingerprint density at radius 3 is 2.43 bits per heavy atom. The lowest BCUT2D eigenvalue weighted by atomic mass is 10.2. The van der Waals surface area contributed by atoms with E-state index in [1.807, 2.05) is 25.1 Å². The molecule has 1 aliphatic rings. The van der Waals surface area contributed by atoms with Crippen LogP contribution in [0.1, 0.15) is 5.56 Å². The van der Waals surface area contributed by atoms with Crippen molar-refractivity contribution in [3.63, 3.8) is 0 Å². The third-order valence-corrected chi connectivity index (χ3v) is 5.29. The first kappa shape index (κ1) is 15.8. The lowest BCUT2D eigenvalue weighted by Gasteiger charge is -2.29. The van der Waals surface area contributed by atoms with Crippen LogP contribution in [0, 0.1) is 6.92 Å². The number of nitrogens with zero attached hydrogens (tertiary/aromatic N) is 1. The van der Waals surface area contributed by atoms with Gasteiger partial charge in [0.25, 0.3) is 10.0 Å². The summed E-state index contributed by atoms with van der Waals surface area (Å²) in [6.45, 7) is 5.57. The van der Waals surface area contributed by atoms with Gasteiger partial charge in [0.2, 0.25) is 0 Å². The fourth-order valence-electron chi connectivity index (χ4n) is 2.61. The highest BCUT2D eigenvalue weighted by Crippen LogP contribution is 2.22. The molecule has 122 valence electrons. The predicted octanol–water partition coefficient (Wildman–Crippen LogP) is 2.21. The zero-order valence-electron chi connectivity index (χ0n) is 13.1. The molecule has 0 unspecified atom stereocenters. The Morgan fingerprint density at radius 2 is 1.74 bits per heavy atom. The molecular weight excluding hydrogens is 310 g/mol. The fourth-order valence-corrected chi connectivity index (χ4v) is 3.70. The first-order valence-corrected chi connectivity index (χ1v) is 9.18. The van der Waals surface area contributed by atoms with Crippen LogP contribution < -0.4 is 14.9 Å². The summed E-state index contributed by atoms with van der Waals surface area (Å²) in [5.41, 5.74) is 2.61. The van der Waals surface area contributed by atoms with E-state index in [1.54, 1.807) is 30.3 Å². The second kappa shape index (κ2) is 6.60. The van der Waals surface area contributed by atoms with Crippen LogP contribution >= 0.6 is 0 Å². The second-order valence-corrected chi connectivity index (χ2v) is 7.39. The van der Waals surface area contributed by atoms with Crippen LogP contribution in [-0.4, -0.2) is 34.6 Å². The van der Waals surface area contributed by atoms with Crippen LogP contribution in [0.5, 0.6) is 0 Å². The van der Waals surface area contributed by atoms with Gasteiger partial charge in [-0.1, -0.05) is 23.8 Å². The molecule has 2 aromatic carbocycles. The molecule has 1 heterocycles. The average molecular weight is 331 g/mol. The molecule has 0 atom stereocenters. The number of hydrogen-bond donors (Lipinski definition) is 2. The first-order valence-electron chi connectivity index (χ1n) is 7.70. The standard InChI is InChI=1S/C17H21N3O2S/c1-14-5-7-15(8-6-14)19-23(21,22)17-4-2-3-16(13-17)20-11-9-18-10-12-20/h2-8,13,18-19H,9-12H2,1H3. The number of piperazine rings is 1. The number of anilines is 2. The predicted molar refractivity (Wildman–Crippen MR) is 93.5 cm³/mol. The molecule has 0 radical (unpaired) electrons. The van der Waals surface area contributed by atoms with Gasteiger partial charge in [0, 0.05) is 37.6 Å². The third-order valence-electron chi connectivity index (χ3n) is 3.91. The van der Waals surface area contributed by atoms with Gasteiger partial charge in [-0.05, 0) is 37.3 Å². The molecule has 1 fully saturated rings. The van der Waals surface area contributed by atoms with Gasteiger partial charge in [-0.25, -0.2) is 8.42 Å². The third kappa shape index (κ3) is 3.83. The van der Waals surface area contributed by atoms with Gasteiger partial charge in [-0.2, -0.15) is 0 Å². The quantitative estimate of drug-likeness (QED) is 0.902. The molecule has 2 aromatic rings. The van der Waals surface area contributed by atoms with Crippen LogP contribution in [0.4, 0.5) is 11.4 Å². The van der Waals surface area contributed by atoms with Crippen LogP contribution in [0.2, 0.25) is 0 Å². The summed E-state index contributed by atoms with van der Waals surface area (Å²) in [4.78, 5) is 2.48. The van der Waals surface area contributed by atoms with Gasteiger partial charge in [0.05, 0.1) is 4.90 Å². The van der Waals surface area contributed by atoms with Crippen molar-refractivity contribution in [2.75, 3.05) is 35.8 Å². The smallest absolute Gasteiger partial charge is 0.261 e. The van der Waals surface area contributed by atoms with Gasteiger partial charge in [0.1, 0.15) is 0 Å². The van der Waals surface area contributed by atoms with Crippen molar-refractivity contribution in [2.45, 2.75) is 11.8 Å². The Hall–Kier alpha value is -2.05. The highest BCUT2D eigenvalue weighted by Gasteiger charge is 2.17. The molecule has 0 amide bonds. The zero-order chi connectivity index (χ0) is 16.3. The van der Waals surface area contributed by atoms with Gasteiger partial charge >= 0.3 is 0 Å². The van der Waals surface area contributed by atoms with E-state index >= 15 is 0 Å². The highest BCUT2D eigenvalue weighted by atomic mass is 32.2. The van der Waals surface area contributed by atoms with E-state index in [1.165, 1.54) is 0 Å². The fraction of sp³-hybridized carbons (Fsp3) is 0.294. The molecule has 0 spiro atoms. The maximum absolute atomic E-state index is 12.6. The summed E-state index contributed by atoms with van der Waals surface area (Å²) in [5.74, 6) is 0. The van der Waals surface area contributed by atoms with Crippen LogP contribution in [0.15, 0.2) is 53.4 Å². The lowest BCUT2D eigenvalue weighted by molar-refractivity contribution is 0.588. The number of sulfonamides is 1. The van der Waals surface area contributed by atoms with Gasteiger partial charge in [0.15, 0.2) is 0 Å². The molecule has 3 rings (SSSR count). The zero-order valence-corrected chi connectivity index (χ0v) is 13.9. The largest absolute Gasteiger partial charge is 0.369 e. The van der Waals surface area contributed by atoms with Crippen LogP contribution in [0.25, 0.3) is 0 Å². The van der Waals surface area contributed by atoms with Crippen LogP contribution in [0.3, 0.4) is 0 Å². The minimum Gasteiger partial charge on any atom is -0.369 e. The SMILES string of the molecule is Cc1ccc(NS(=O)(=O)c2cccc(N3CCNCC3)c2)cc1. The Balaban J connectivity index is 1.83. The highest BCUT2D eigenvalue weighted by molar-refractivity contribution is 7.92. The van der Waals surface area contributed by atoms with Crippen LogP contribution in [-0.2, 0) is 10.0 Å². The molecule has 0 saturated carbocycles. The van der Waals surface area contributed by atoms with Gasteiger partial charge in [-0.3, -0.25) is 4.72 Å². The van der Waals surface area contributed by atoms with E-state index in [0.29, 0.717) is 5.69 Å². The lowest BCUT2D eigenvalue weighted by Crippen LogP contribution is -2.43. The summed E-state index contributed by atoms with van der Waals surface area (Å²) in [7, 11) is -3.58. The van der Waals surface area contributed by atoms with Crippen molar-refractivity contribution in [3.05, 3.63) is 54.1 Å². The molecule has 1 saturated heterocycles. The number of benzene rings is 2. The van der Waals surface area contributed by atoms with Crippen molar-refractivity contribution >= 4 is 21.4 Å². The number of hydrogen-bond acceptors (Lipinski definition) is 4. The number of rotatable bonds is 4. The molecule has 23 heavy (non-hydrogen) atoms. The van der Waals surface area contributed by atoms with E-state index in [0.717, 1.165) is 37.4 Å². The maximum atomic E-state index is 12.6. The monoisotopic (exact) mass is 331 g/mol. The Morgan fingerprint density at radius 1 is 1.04 bits per heavy atom. The molecule has 0 aliphatic carbocycles. The molecule has 1 aliphatic heterocycles. The van der Waals surface area contributed by atoms with Crippen molar-refractivity contribution in [1.82, 2.24) is 5.32 Å². The maximum Gasteiger partial charge on any atom is 0.261 e. The van der Waals surface area contributed by atoms with Crippen molar-refractivity contribution in [3.8, 4) is 0 Å². The van der Waals surface area contributed by atoms with Crippen molar-refractivity contribution in [1.29, 1.82) is 0 Å². The van der Waals surface area contributed by atoms with E-state index < -0.39 is 10.0 Å². The molecule has 6 heteroatoms. The summed E-state index contributed by atoms with van der Waals surface area (Å²) in [6.07, 6.45) is 0. The Bertz CT molecular complexity index is 767. The Kier molecular flexibility index (Phi) is 4.54. The minimum absolute atomic E-state index is 0.286. The number of nitrogens with one attached hydrogen (secondary N) is 2. The molecular formula is C17H21N3O2S. The van der Waals surface area contributed by atoms with E-state index in [-0.39, 0.29) is 4.90 Å². The number of aryl methyl sites for hydroxylation is 1. The van der Waals surface area contributed by atoms with Crippen molar-refractivity contribution in [2.24, 2.45) is 0 Å². The van der Waals surface area contributed by atoms with Gasteiger partial charge < -0.3 is 10.2 Å². The van der Waals surface area contributed by atoms with Gasteiger partial charge in [-0.15, -0.1) is 0 Å². The van der Waals surface area contributed by atoms with Crippen molar-refractivity contribution < 1.29 is 8.42 Å². The summed E-state index contributed by atoms with van der Waals surface area (Å²) >= 11 is 0. The minimum atomic E-state index is -3.58. The average Bonchev–Trinajstić information content (AvgIpc) is 2.58. The van der Waals surface area contributed by atoms with E-state index in [4.69, 9.17) is 0 Å². The van der Waals surface area contributed by atoms with E-state index in [9.17, 15) is 8.42 Å². The Labute approximate surface area is 137 Å². The van der Waals surface area contributed by atoms with E-state index in [2.05, 4.69) is 14.9 Å². The topological polar surface area (TPSA) is 61.4 Å². The summed E-state index contributed by atoms with van der Waals surface area (Å²) in [5, 5.41) is 3.29. The molecule has 2 N–H and O–H groups in total.